The molecule has 0 saturated carbocycles. The van der Waals surface area contributed by atoms with Gasteiger partial charge in [-0.2, -0.15) is 0 Å². The molecule has 1 aromatic heterocycles. The molecular weight excluding hydrogens is 216 g/mol. The number of benzene rings is 1. The predicted molar refractivity (Wildman–Crippen MR) is 64.6 cm³/mol. The largest absolute Gasteiger partial charge is 0.329 e. The van der Waals surface area contributed by atoms with Crippen molar-refractivity contribution in [3.8, 4) is 11.8 Å². The molecule has 1 N–H and O–H groups in total. The van der Waals surface area contributed by atoms with Crippen LogP contribution in [0, 0.1) is 11.8 Å². The van der Waals surface area contributed by atoms with E-state index in [-0.39, 0.29) is 6.54 Å². The minimum Gasteiger partial charge on any atom is -0.289 e. The van der Waals surface area contributed by atoms with E-state index in [4.69, 9.17) is 0 Å². The van der Waals surface area contributed by atoms with E-state index >= 15 is 0 Å². The van der Waals surface area contributed by atoms with Crippen molar-refractivity contribution in [2.24, 2.45) is 0 Å². The lowest BCUT2D eigenvalue weighted by molar-refractivity contribution is 0.749. The van der Waals surface area contributed by atoms with Crippen molar-refractivity contribution in [2.75, 3.05) is 0 Å². The van der Waals surface area contributed by atoms with Gasteiger partial charge in [0.2, 0.25) is 0 Å². The predicted octanol–water partition coefficient (Wildman–Crippen LogP) is 0.588. The number of nitrogens with one attached hydrogen (secondary N) is 1. The Kier molecular flexibility index (Phi) is 3.22. The Bertz CT molecular complexity index is 672. The molecule has 0 aliphatic heterocycles. The van der Waals surface area contributed by atoms with E-state index in [1.54, 1.807) is 0 Å². The number of aromatic amines is 1. The number of rotatable bonds is 1. The van der Waals surface area contributed by atoms with Crippen LogP contribution in [0.15, 0.2) is 52.2 Å². The van der Waals surface area contributed by atoms with Gasteiger partial charge in [0.25, 0.3) is 5.56 Å². The summed E-state index contributed by atoms with van der Waals surface area (Å²) in [5, 5.41) is 0. The van der Waals surface area contributed by atoms with Crippen LogP contribution >= 0.6 is 0 Å². The van der Waals surface area contributed by atoms with Crippen LogP contribution in [0.25, 0.3) is 0 Å². The Balaban J connectivity index is 2.16. The quantitative estimate of drug-likeness (QED) is 0.723. The molecule has 84 valence electrons. The molecule has 0 saturated heterocycles. The van der Waals surface area contributed by atoms with Crippen LogP contribution in [-0.4, -0.2) is 9.55 Å². The highest BCUT2D eigenvalue weighted by atomic mass is 16.2. The fourth-order valence-electron chi connectivity index (χ4n) is 1.32. The number of H-pyrrole nitrogens is 1. The second-order valence-corrected chi connectivity index (χ2v) is 3.41. The normalized spacial score (nSPS) is 9.41. The van der Waals surface area contributed by atoms with Gasteiger partial charge in [-0.3, -0.25) is 14.3 Å². The first-order chi connectivity index (χ1) is 8.25. The van der Waals surface area contributed by atoms with Crippen molar-refractivity contribution in [1.82, 2.24) is 9.55 Å². The van der Waals surface area contributed by atoms with Gasteiger partial charge in [-0.25, -0.2) is 4.79 Å². The fourth-order valence-corrected chi connectivity index (χ4v) is 1.32. The number of hydrogen-bond acceptors (Lipinski definition) is 2. The van der Waals surface area contributed by atoms with Crippen LogP contribution in [-0.2, 0) is 6.54 Å². The summed E-state index contributed by atoms with van der Waals surface area (Å²) in [5.41, 5.74) is 0.0482. The average Bonchev–Trinajstić information content (AvgIpc) is 2.33. The molecule has 0 unspecified atom stereocenters. The minimum atomic E-state index is -0.445. The summed E-state index contributed by atoms with van der Waals surface area (Å²) >= 11 is 0. The lowest BCUT2D eigenvalue weighted by Crippen LogP contribution is -2.28. The summed E-state index contributed by atoms with van der Waals surface area (Å²) in [5.74, 6) is 5.80. The van der Waals surface area contributed by atoms with E-state index in [2.05, 4.69) is 16.8 Å². The highest BCUT2D eigenvalue weighted by Gasteiger charge is 1.92. The van der Waals surface area contributed by atoms with Gasteiger partial charge in [0.15, 0.2) is 0 Å². The standard InChI is InChI=1S/C13H10N2O2/c16-12-8-10-15(13(17)14-12)9-4-7-11-5-2-1-3-6-11/h1-3,5-6,8,10H,9H2,(H,14,16,17). The lowest BCUT2D eigenvalue weighted by Gasteiger charge is -1.96. The van der Waals surface area contributed by atoms with Crippen molar-refractivity contribution in [1.29, 1.82) is 0 Å². The maximum absolute atomic E-state index is 11.3. The summed E-state index contributed by atoms with van der Waals surface area (Å²) in [6.45, 7) is 0.254. The molecule has 0 fully saturated rings. The second kappa shape index (κ2) is 4.99. The fraction of sp³-hybridized carbons (Fsp3) is 0.0769. The Labute approximate surface area is 97.6 Å². The Morgan fingerprint density at radius 3 is 2.59 bits per heavy atom. The van der Waals surface area contributed by atoms with Crippen LogP contribution in [0.3, 0.4) is 0 Å². The van der Waals surface area contributed by atoms with Crippen LogP contribution in [0.2, 0.25) is 0 Å². The zero-order chi connectivity index (χ0) is 12.1. The molecular formula is C13H10N2O2. The van der Waals surface area contributed by atoms with Gasteiger partial charge in [0.05, 0.1) is 6.54 Å². The second-order valence-electron chi connectivity index (χ2n) is 3.41. The summed E-state index contributed by atoms with van der Waals surface area (Å²) in [6, 6.07) is 10.8. The third-order valence-electron chi connectivity index (χ3n) is 2.15. The molecule has 1 heterocycles. The van der Waals surface area contributed by atoms with Crippen molar-refractivity contribution in [2.45, 2.75) is 6.54 Å². The summed E-state index contributed by atoms with van der Waals surface area (Å²) in [7, 11) is 0. The van der Waals surface area contributed by atoms with E-state index in [9.17, 15) is 9.59 Å². The molecule has 0 amide bonds. The summed E-state index contributed by atoms with van der Waals surface area (Å²) in [4.78, 5) is 24.3. The van der Waals surface area contributed by atoms with Crippen molar-refractivity contribution in [3.05, 3.63) is 69.0 Å². The smallest absolute Gasteiger partial charge is 0.289 e. The van der Waals surface area contributed by atoms with Gasteiger partial charge in [0, 0.05) is 17.8 Å². The first kappa shape index (κ1) is 11.0. The van der Waals surface area contributed by atoms with E-state index in [1.807, 2.05) is 30.3 Å². The first-order valence-electron chi connectivity index (χ1n) is 5.09. The molecule has 0 radical (unpaired) electrons. The number of nitrogens with zero attached hydrogens (tertiary/aromatic N) is 1. The monoisotopic (exact) mass is 226 g/mol. The Morgan fingerprint density at radius 2 is 1.88 bits per heavy atom. The third-order valence-corrected chi connectivity index (χ3v) is 2.15. The van der Waals surface area contributed by atoms with Crippen LogP contribution < -0.4 is 11.2 Å². The molecule has 0 aliphatic carbocycles. The third kappa shape index (κ3) is 2.95. The van der Waals surface area contributed by atoms with Gasteiger partial charge >= 0.3 is 5.69 Å². The van der Waals surface area contributed by atoms with Gasteiger partial charge in [-0.1, -0.05) is 30.0 Å². The maximum atomic E-state index is 11.3. The van der Waals surface area contributed by atoms with Crippen LogP contribution in [0.4, 0.5) is 0 Å². The van der Waals surface area contributed by atoms with Crippen molar-refractivity contribution in [3.63, 3.8) is 0 Å². The topological polar surface area (TPSA) is 54.9 Å². The molecule has 0 aliphatic rings. The Morgan fingerprint density at radius 1 is 1.12 bits per heavy atom. The maximum Gasteiger partial charge on any atom is 0.329 e. The highest BCUT2D eigenvalue weighted by Crippen LogP contribution is 1.94. The number of hydrogen-bond donors (Lipinski definition) is 1. The van der Waals surface area contributed by atoms with E-state index < -0.39 is 11.2 Å². The lowest BCUT2D eigenvalue weighted by atomic mass is 10.2. The first-order valence-corrected chi connectivity index (χ1v) is 5.09. The van der Waals surface area contributed by atoms with Gasteiger partial charge in [-0.15, -0.1) is 0 Å². The van der Waals surface area contributed by atoms with Crippen LogP contribution in [0.5, 0.6) is 0 Å². The summed E-state index contributed by atoms with van der Waals surface area (Å²) < 4.78 is 1.34. The van der Waals surface area contributed by atoms with E-state index in [0.717, 1.165) is 5.56 Å². The SMILES string of the molecule is O=c1ccn(CC#Cc2ccccc2)c(=O)[nH]1. The molecule has 17 heavy (non-hydrogen) atoms. The van der Waals surface area contributed by atoms with Gasteiger partial charge < -0.3 is 0 Å². The van der Waals surface area contributed by atoms with E-state index in [1.165, 1.54) is 16.8 Å². The minimum absolute atomic E-state index is 0.254. The number of aromatic nitrogens is 2. The molecule has 0 atom stereocenters. The average molecular weight is 226 g/mol. The van der Waals surface area contributed by atoms with Crippen molar-refractivity contribution >= 4 is 0 Å². The zero-order valence-corrected chi connectivity index (χ0v) is 9.01. The Hall–Kier alpha value is -2.54. The van der Waals surface area contributed by atoms with Gasteiger partial charge in [0.1, 0.15) is 0 Å². The zero-order valence-electron chi connectivity index (χ0n) is 9.01. The molecule has 0 spiro atoms. The van der Waals surface area contributed by atoms with Gasteiger partial charge in [-0.05, 0) is 12.1 Å². The molecule has 4 nitrogen and oxygen atoms in total. The summed E-state index contributed by atoms with van der Waals surface area (Å²) in [6.07, 6.45) is 1.43. The molecule has 4 heteroatoms. The molecule has 2 aromatic rings. The van der Waals surface area contributed by atoms with E-state index in [0.29, 0.717) is 0 Å². The van der Waals surface area contributed by atoms with Crippen molar-refractivity contribution < 1.29 is 0 Å². The highest BCUT2D eigenvalue weighted by molar-refractivity contribution is 5.33. The molecule has 0 bridgehead atoms. The molecule has 2 rings (SSSR count). The van der Waals surface area contributed by atoms with Crippen LogP contribution in [0.1, 0.15) is 5.56 Å². The molecule has 1 aromatic carbocycles.